The Hall–Kier alpha value is -2.37. The lowest BCUT2D eigenvalue weighted by molar-refractivity contribution is 0.0957. The molecule has 0 bridgehead atoms. The van der Waals surface area contributed by atoms with Gasteiger partial charge in [0, 0.05) is 19.8 Å². The topological polar surface area (TPSA) is 75.6 Å². The molecule has 3 aromatic rings. The fraction of sp³-hybridized carbons (Fsp3) is 0.250. The summed E-state index contributed by atoms with van der Waals surface area (Å²) in [6.07, 6.45) is 5.15. The minimum absolute atomic E-state index is 0.108. The molecular formula is C12H13N5O. The number of aromatic amines is 1. The largest absolute Gasteiger partial charge is 0.352 e. The van der Waals surface area contributed by atoms with Crippen molar-refractivity contribution in [3.63, 3.8) is 0 Å². The first-order valence-electron chi connectivity index (χ1n) is 5.77. The third kappa shape index (κ3) is 1.38. The fourth-order valence-electron chi connectivity index (χ4n) is 2.10. The number of nitrogens with zero attached hydrogens (tertiary/aromatic N) is 3. The van der Waals surface area contributed by atoms with Gasteiger partial charge in [0.05, 0.1) is 29.0 Å². The van der Waals surface area contributed by atoms with E-state index in [-0.39, 0.29) is 5.91 Å². The minimum atomic E-state index is -0.108. The first-order chi connectivity index (χ1) is 8.72. The highest BCUT2D eigenvalue weighted by Crippen LogP contribution is 2.24. The summed E-state index contributed by atoms with van der Waals surface area (Å²) in [5.41, 5.74) is 2.98. The van der Waals surface area contributed by atoms with Crippen LogP contribution in [-0.4, -0.2) is 32.0 Å². The van der Waals surface area contributed by atoms with Gasteiger partial charge in [-0.05, 0) is 6.92 Å². The molecule has 0 spiro atoms. The van der Waals surface area contributed by atoms with Gasteiger partial charge in [0.15, 0.2) is 0 Å². The zero-order valence-corrected chi connectivity index (χ0v) is 10.2. The molecule has 6 heteroatoms. The second-order valence-corrected chi connectivity index (χ2v) is 4.13. The zero-order chi connectivity index (χ0) is 12.7. The molecule has 0 aromatic carbocycles. The Kier molecular flexibility index (Phi) is 2.29. The molecule has 92 valence electrons. The van der Waals surface area contributed by atoms with Crippen molar-refractivity contribution < 1.29 is 4.79 Å². The molecule has 0 unspecified atom stereocenters. The average molecular weight is 243 g/mol. The highest BCUT2D eigenvalue weighted by atomic mass is 16.1. The molecule has 3 heterocycles. The Morgan fingerprint density at radius 2 is 2.33 bits per heavy atom. The van der Waals surface area contributed by atoms with E-state index in [0.29, 0.717) is 17.8 Å². The molecule has 0 fully saturated rings. The quantitative estimate of drug-likeness (QED) is 0.710. The number of rotatable bonds is 2. The van der Waals surface area contributed by atoms with Crippen molar-refractivity contribution in [1.29, 1.82) is 0 Å². The van der Waals surface area contributed by atoms with Crippen LogP contribution < -0.4 is 5.32 Å². The summed E-state index contributed by atoms with van der Waals surface area (Å²) in [6.45, 7) is 2.48. The average Bonchev–Trinajstić information content (AvgIpc) is 2.93. The highest BCUT2D eigenvalue weighted by Gasteiger charge is 2.16. The molecule has 1 amide bonds. The van der Waals surface area contributed by atoms with Gasteiger partial charge >= 0.3 is 0 Å². The van der Waals surface area contributed by atoms with Gasteiger partial charge in [-0.2, -0.15) is 0 Å². The zero-order valence-electron chi connectivity index (χ0n) is 10.2. The van der Waals surface area contributed by atoms with Crippen LogP contribution in [0.25, 0.3) is 22.1 Å². The van der Waals surface area contributed by atoms with Gasteiger partial charge in [-0.1, -0.05) is 0 Å². The number of hydrogen-bond donors (Lipinski definition) is 2. The van der Waals surface area contributed by atoms with E-state index in [1.54, 1.807) is 18.7 Å². The summed E-state index contributed by atoms with van der Waals surface area (Å²) in [5.74, 6) is -0.108. The van der Waals surface area contributed by atoms with Gasteiger partial charge < -0.3 is 14.9 Å². The van der Waals surface area contributed by atoms with E-state index in [1.807, 2.05) is 18.5 Å². The minimum Gasteiger partial charge on any atom is -0.352 e. The smallest absolute Gasteiger partial charge is 0.253 e. The lowest BCUT2D eigenvalue weighted by Crippen LogP contribution is -2.22. The number of carbonyl (C=O) groups excluding carboxylic acids is 1. The van der Waals surface area contributed by atoms with Crippen LogP contribution in [0.4, 0.5) is 0 Å². The number of pyridine rings is 1. The number of nitrogens with one attached hydrogen (secondary N) is 2. The molecule has 3 aromatic heterocycles. The predicted octanol–water partition coefficient (Wildman–Crippen LogP) is 1.20. The van der Waals surface area contributed by atoms with Crippen LogP contribution >= 0.6 is 0 Å². The van der Waals surface area contributed by atoms with E-state index >= 15 is 0 Å². The van der Waals surface area contributed by atoms with E-state index in [9.17, 15) is 4.79 Å². The summed E-state index contributed by atoms with van der Waals surface area (Å²) >= 11 is 0. The normalized spacial score (nSPS) is 11.2. The van der Waals surface area contributed by atoms with Crippen LogP contribution in [0, 0.1) is 0 Å². The second kappa shape index (κ2) is 3.83. The number of aryl methyl sites for hydroxylation is 1. The summed E-state index contributed by atoms with van der Waals surface area (Å²) in [7, 11) is 1.90. The third-order valence-corrected chi connectivity index (χ3v) is 2.98. The molecule has 3 rings (SSSR count). The van der Waals surface area contributed by atoms with Gasteiger partial charge in [-0.25, -0.2) is 9.97 Å². The Bertz CT molecular complexity index is 739. The molecule has 0 aliphatic carbocycles. The maximum Gasteiger partial charge on any atom is 0.253 e. The van der Waals surface area contributed by atoms with Crippen molar-refractivity contribution >= 4 is 28.0 Å². The number of H-pyrrole nitrogens is 1. The summed E-state index contributed by atoms with van der Waals surface area (Å²) in [4.78, 5) is 23.6. The number of amides is 1. The van der Waals surface area contributed by atoms with Crippen molar-refractivity contribution in [3.05, 3.63) is 24.3 Å². The van der Waals surface area contributed by atoms with E-state index in [2.05, 4.69) is 20.3 Å². The van der Waals surface area contributed by atoms with Crippen LogP contribution in [0.2, 0.25) is 0 Å². The third-order valence-electron chi connectivity index (χ3n) is 2.98. The number of carbonyl (C=O) groups is 1. The number of fused-ring (bicyclic) bond motifs is 3. The van der Waals surface area contributed by atoms with Crippen LogP contribution in [0.1, 0.15) is 17.3 Å². The van der Waals surface area contributed by atoms with E-state index in [4.69, 9.17) is 0 Å². The van der Waals surface area contributed by atoms with Gasteiger partial charge in [0.2, 0.25) is 0 Å². The Morgan fingerprint density at radius 1 is 1.50 bits per heavy atom. The van der Waals surface area contributed by atoms with Crippen LogP contribution in [0.15, 0.2) is 18.7 Å². The number of hydrogen-bond acceptors (Lipinski definition) is 3. The molecule has 0 aliphatic heterocycles. The predicted molar refractivity (Wildman–Crippen MR) is 68.4 cm³/mol. The van der Waals surface area contributed by atoms with Gasteiger partial charge in [-0.3, -0.25) is 4.79 Å². The Morgan fingerprint density at radius 3 is 3.11 bits per heavy atom. The summed E-state index contributed by atoms with van der Waals surface area (Å²) in [6, 6.07) is 0. The van der Waals surface area contributed by atoms with Crippen molar-refractivity contribution in [2.75, 3.05) is 6.54 Å². The maximum atomic E-state index is 12.0. The van der Waals surface area contributed by atoms with Crippen molar-refractivity contribution in [1.82, 2.24) is 24.8 Å². The van der Waals surface area contributed by atoms with Crippen molar-refractivity contribution in [2.24, 2.45) is 7.05 Å². The molecule has 2 N–H and O–H groups in total. The lowest BCUT2D eigenvalue weighted by Gasteiger charge is -2.00. The molecule has 0 saturated carbocycles. The van der Waals surface area contributed by atoms with Crippen LogP contribution in [-0.2, 0) is 7.05 Å². The Balaban J connectivity index is 2.33. The standard InChI is InChI=1S/C12H13N5O/c1-3-13-12(18)7-4-14-11-9(7)10-8(5-15-11)17(2)6-16-10/h4-6H,3H2,1-2H3,(H,13,18)(H,14,15). The second-order valence-electron chi connectivity index (χ2n) is 4.13. The number of aromatic nitrogens is 4. The molecule has 0 atom stereocenters. The molecular weight excluding hydrogens is 230 g/mol. The maximum absolute atomic E-state index is 12.0. The van der Waals surface area contributed by atoms with E-state index < -0.39 is 0 Å². The van der Waals surface area contributed by atoms with Crippen molar-refractivity contribution in [2.45, 2.75) is 6.92 Å². The first-order valence-corrected chi connectivity index (χ1v) is 5.77. The Labute approximate surface area is 103 Å². The van der Waals surface area contributed by atoms with E-state index in [0.717, 1.165) is 16.4 Å². The van der Waals surface area contributed by atoms with Crippen LogP contribution in [0.5, 0.6) is 0 Å². The van der Waals surface area contributed by atoms with E-state index in [1.165, 1.54) is 0 Å². The monoisotopic (exact) mass is 243 g/mol. The molecule has 0 saturated heterocycles. The molecule has 0 aliphatic rings. The summed E-state index contributed by atoms with van der Waals surface area (Å²) in [5, 5.41) is 3.57. The number of imidazole rings is 1. The molecule has 0 radical (unpaired) electrons. The molecule has 6 nitrogen and oxygen atoms in total. The van der Waals surface area contributed by atoms with Gasteiger partial charge in [0.25, 0.3) is 5.91 Å². The van der Waals surface area contributed by atoms with Gasteiger partial charge in [0.1, 0.15) is 11.2 Å². The van der Waals surface area contributed by atoms with Crippen LogP contribution in [0.3, 0.4) is 0 Å². The fourth-order valence-corrected chi connectivity index (χ4v) is 2.10. The summed E-state index contributed by atoms with van der Waals surface area (Å²) < 4.78 is 1.89. The van der Waals surface area contributed by atoms with Crippen molar-refractivity contribution in [3.8, 4) is 0 Å². The lowest BCUT2D eigenvalue weighted by atomic mass is 10.2. The van der Waals surface area contributed by atoms with Gasteiger partial charge in [-0.15, -0.1) is 0 Å². The SMILES string of the molecule is CCNC(=O)c1c[nH]c2ncc3c(ncn3C)c12. The molecule has 18 heavy (non-hydrogen) atoms. The highest BCUT2D eigenvalue weighted by molar-refractivity contribution is 6.14. The first kappa shape index (κ1) is 10.8.